The fourth-order valence-electron chi connectivity index (χ4n) is 3.96. The number of phenolic OH excluding ortho intramolecular Hbond substituents is 1. The van der Waals surface area contributed by atoms with E-state index in [2.05, 4.69) is 15.5 Å². The monoisotopic (exact) mass is 360 g/mol. The molecule has 3 N–H and O–H groups in total. The molecule has 4 rings (SSSR count). The van der Waals surface area contributed by atoms with Crippen LogP contribution in [0.5, 0.6) is 5.75 Å². The van der Waals surface area contributed by atoms with Crippen LogP contribution in [0.2, 0.25) is 0 Å². The van der Waals surface area contributed by atoms with Crippen molar-refractivity contribution in [3.63, 3.8) is 0 Å². The van der Waals surface area contributed by atoms with E-state index in [0.29, 0.717) is 32.6 Å². The van der Waals surface area contributed by atoms with Crippen molar-refractivity contribution in [2.75, 3.05) is 37.7 Å². The maximum Gasteiger partial charge on any atom is 0.230 e. The van der Waals surface area contributed by atoms with E-state index in [4.69, 9.17) is 4.74 Å². The number of phenols is 1. The van der Waals surface area contributed by atoms with Crippen LogP contribution in [0, 0.1) is 0 Å². The van der Waals surface area contributed by atoms with E-state index in [0.717, 1.165) is 24.3 Å². The van der Waals surface area contributed by atoms with E-state index in [1.807, 2.05) is 6.07 Å². The van der Waals surface area contributed by atoms with Crippen LogP contribution in [0.15, 0.2) is 18.2 Å². The Morgan fingerprint density at radius 2 is 2.08 bits per heavy atom. The number of hydrogen-bond acceptors (Lipinski definition) is 6. The molecule has 0 aromatic heterocycles. The Morgan fingerprint density at radius 3 is 2.88 bits per heavy atom. The van der Waals surface area contributed by atoms with Gasteiger partial charge in [0, 0.05) is 25.2 Å². The molecule has 2 unspecified atom stereocenters. The highest BCUT2D eigenvalue weighted by atomic mass is 16.5. The average molecular weight is 360 g/mol. The number of rotatable bonds is 3. The van der Waals surface area contributed by atoms with Crippen molar-refractivity contribution in [1.29, 1.82) is 0 Å². The van der Waals surface area contributed by atoms with Gasteiger partial charge in [0.05, 0.1) is 44.1 Å². The Labute approximate surface area is 152 Å². The molecule has 0 spiro atoms. The third-order valence-electron chi connectivity index (χ3n) is 5.28. The molecule has 2 atom stereocenters. The van der Waals surface area contributed by atoms with E-state index in [9.17, 15) is 14.7 Å². The standard InChI is InChI=1S/C18H24N4O4/c23-14-3-1-2-13-12(14)4-5-22(13)18(25)10-15-19-16(11-17(24)20-15)21-6-8-26-9-7-21/h1-3,15-16,19,23H,4-11H2,(H,20,24). The van der Waals surface area contributed by atoms with Crippen LogP contribution >= 0.6 is 0 Å². The summed E-state index contributed by atoms with van der Waals surface area (Å²) in [6, 6.07) is 5.24. The van der Waals surface area contributed by atoms with E-state index in [-0.39, 0.29) is 30.2 Å². The number of nitrogens with one attached hydrogen (secondary N) is 2. The number of carbonyl (C=O) groups is 2. The second kappa shape index (κ2) is 7.22. The zero-order valence-electron chi connectivity index (χ0n) is 14.6. The topological polar surface area (TPSA) is 94.1 Å². The lowest BCUT2D eigenvalue weighted by Gasteiger charge is -2.40. The number of ether oxygens (including phenoxy) is 1. The Morgan fingerprint density at radius 1 is 1.27 bits per heavy atom. The van der Waals surface area contributed by atoms with Gasteiger partial charge in [0.15, 0.2) is 0 Å². The largest absolute Gasteiger partial charge is 0.508 e. The number of carbonyl (C=O) groups excluding carboxylic acids is 2. The van der Waals surface area contributed by atoms with Gasteiger partial charge in [-0.15, -0.1) is 0 Å². The molecule has 3 heterocycles. The number of amides is 2. The lowest BCUT2D eigenvalue weighted by Crippen LogP contribution is -2.63. The molecule has 2 fully saturated rings. The fraction of sp³-hybridized carbons (Fsp3) is 0.556. The van der Waals surface area contributed by atoms with Crippen molar-refractivity contribution in [3.05, 3.63) is 23.8 Å². The highest BCUT2D eigenvalue weighted by Crippen LogP contribution is 2.34. The van der Waals surface area contributed by atoms with E-state index >= 15 is 0 Å². The average Bonchev–Trinajstić information content (AvgIpc) is 3.07. The number of aromatic hydroxyl groups is 1. The van der Waals surface area contributed by atoms with Crippen molar-refractivity contribution >= 4 is 17.5 Å². The molecular formula is C18H24N4O4. The lowest BCUT2D eigenvalue weighted by molar-refractivity contribution is -0.128. The minimum Gasteiger partial charge on any atom is -0.508 e. The van der Waals surface area contributed by atoms with Crippen LogP contribution in [0.25, 0.3) is 0 Å². The third kappa shape index (κ3) is 3.40. The maximum atomic E-state index is 12.8. The quantitative estimate of drug-likeness (QED) is 0.689. The smallest absolute Gasteiger partial charge is 0.230 e. The zero-order chi connectivity index (χ0) is 18.1. The van der Waals surface area contributed by atoms with Gasteiger partial charge in [0.1, 0.15) is 5.75 Å². The first-order valence-electron chi connectivity index (χ1n) is 9.10. The number of benzene rings is 1. The highest BCUT2D eigenvalue weighted by Gasteiger charge is 2.34. The minimum atomic E-state index is -0.391. The molecule has 3 aliphatic heterocycles. The first-order valence-corrected chi connectivity index (χ1v) is 9.10. The SMILES string of the molecule is O=C1CC(N2CCOCC2)NC(CC(=O)N2CCc3c(O)cccc32)N1. The maximum absolute atomic E-state index is 12.8. The van der Waals surface area contributed by atoms with Crippen LogP contribution in [-0.2, 0) is 20.7 Å². The number of fused-ring (bicyclic) bond motifs is 1. The molecule has 26 heavy (non-hydrogen) atoms. The summed E-state index contributed by atoms with van der Waals surface area (Å²) < 4.78 is 5.37. The van der Waals surface area contributed by atoms with Gasteiger partial charge in [0.25, 0.3) is 0 Å². The first kappa shape index (κ1) is 17.3. The number of nitrogens with zero attached hydrogens (tertiary/aromatic N) is 2. The summed E-state index contributed by atoms with van der Waals surface area (Å²) in [4.78, 5) is 28.8. The second-order valence-electron chi connectivity index (χ2n) is 6.93. The van der Waals surface area contributed by atoms with Crippen molar-refractivity contribution < 1.29 is 19.4 Å². The molecule has 0 aliphatic carbocycles. The molecule has 8 nitrogen and oxygen atoms in total. The summed E-state index contributed by atoms with van der Waals surface area (Å²) in [7, 11) is 0. The van der Waals surface area contributed by atoms with Gasteiger partial charge in [-0.3, -0.25) is 19.8 Å². The molecule has 3 aliphatic rings. The van der Waals surface area contributed by atoms with Gasteiger partial charge in [-0.1, -0.05) is 6.07 Å². The van der Waals surface area contributed by atoms with Gasteiger partial charge >= 0.3 is 0 Å². The molecule has 1 aromatic rings. The highest BCUT2D eigenvalue weighted by molar-refractivity contribution is 5.96. The number of morpholine rings is 1. The Bertz CT molecular complexity index is 704. The van der Waals surface area contributed by atoms with Crippen molar-refractivity contribution in [2.45, 2.75) is 31.6 Å². The molecule has 0 saturated carbocycles. The van der Waals surface area contributed by atoms with Crippen molar-refractivity contribution in [3.8, 4) is 5.75 Å². The molecule has 0 bridgehead atoms. The number of anilines is 1. The van der Waals surface area contributed by atoms with Gasteiger partial charge in [-0.25, -0.2) is 0 Å². The third-order valence-corrected chi connectivity index (χ3v) is 5.28. The molecule has 8 heteroatoms. The first-order chi connectivity index (χ1) is 12.6. The lowest BCUT2D eigenvalue weighted by atomic mass is 10.1. The van der Waals surface area contributed by atoms with Gasteiger partial charge < -0.3 is 20.1 Å². The second-order valence-corrected chi connectivity index (χ2v) is 6.93. The summed E-state index contributed by atoms with van der Waals surface area (Å²) in [5, 5.41) is 16.2. The molecule has 1 aromatic carbocycles. The van der Waals surface area contributed by atoms with E-state index in [1.54, 1.807) is 17.0 Å². The van der Waals surface area contributed by atoms with Gasteiger partial charge in [-0.2, -0.15) is 0 Å². The Hall–Kier alpha value is -2.16. The van der Waals surface area contributed by atoms with Crippen molar-refractivity contribution in [1.82, 2.24) is 15.5 Å². The summed E-state index contributed by atoms with van der Waals surface area (Å²) in [6.07, 6.45) is 0.750. The van der Waals surface area contributed by atoms with Crippen LogP contribution in [0.3, 0.4) is 0 Å². The van der Waals surface area contributed by atoms with E-state index in [1.165, 1.54) is 0 Å². The predicted molar refractivity (Wildman–Crippen MR) is 94.6 cm³/mol. The van der Waals surface area contributed by atoms with Crippen LogP contribution in [0.1, 0.15) is 18.4 Å². The van der Waals surface area contributed by atoms with Gasteiger partial charge in [0.2, 0.25) is 11.8 Å². The number of hydrogen-bond donors (Lipinski definition) is 3. The Balaban J connectivity index is 1.41. The summed E-state index contributed by atoms with van der Waals surface area (Å²) in [5.41, 5.74) is 1.58. The molecule has 2 saturated heterocycles. The predicted octanol–water partition coefficient (Wildman–Crippen LogP) is -0.235. The van der Waals surface area contributed by atoms with Crippen molar-refractivity contribution in [2.24, 2.45) is 0 Å². The molecular weight excluding hydrogens is 336 g/mol. The van der Waals surface area contributed by atoms with Crippen LogP contribution in [-0.4, -0.2) is 67.0 Å². The summed E-state index contributed by atoms with van der Waals surface area (Å²) >= 11 is 0. The minimum absolute atomic E-state index is 0.0440. The molecule has 2 amide bonds. The summed E-state index contributed by atoms with van der Waals surface area (Å²) in [6.45, 7) is 3.45. The summed E-state index contributed by atoms with van der Waals surface area (Å²) in [5.74, 6) is 0.126. The van der Waals surface area contributed by atoms with Crippen LogP contribution < -0.4 is 15.5 Å². The molecule has 140 valence electrons. The van der Waals surface area contributed by atoms with E-state index < -0.39 is 6.17 Å². The van der Waals surface area contributed by atoms with Crippen LogP contribution in [0.4, 0.5) is 5.69 Å². The van der Waals surface area contributed by atoms with Gasteiger partial charge in [-0.05, 0) is 18.6 Å². The molecule has 0 radical (unpaired) electrons. The normalized spacial score (nSPS) is 26.5. The zero-order valence-corrected chi connectivity index (χ0v) is 14.6. The Kier molecular flexibility index (Phi) is 4.80. The fourth-order valence-corrected chi connectivity index (χ4v) is 3.96.